The lowest BCUT2D eigenvalue weighted by Crippen LogP contribution is -2.31. The van der Waals surface area contributed by atoms with Crippen molar-refractivity contribution in [2.45, 2.75) is 12.7 Å². The maximum atomic E-state index is 10.8. The van der Waals surface area contributed by atoms with Gasteiger partial charge in [0.15, 0.2) is 6.10 Å². The summed E-state index contributed by atoms with van der Waals surface area (Å²) in [5.41, 5.74) is 0.862. The normalized spacial score (nSPS) is 13.2. The van der Waals surface area contributed by atoms with Crippen LogP contribution in [0.25, 0.3) is 0 Å². The van der Waals surface area contributed by atoms with E-state index in [1.807, 2.05) is 30.3 Å². The summed E-state index contributed by atoms with van der Waals surface area (Å²) < 4.78 is 31.2. The SMILES string of the molecule is CS(=O)(=O)O[C@H](COCc1ccccc1)C(=O)O. The third-order valence-electron chi connectivity index (χ3n) is 1.95. The first-order chi connectivity index (χ1) is 8.38. The second kappa shape index (κ2) is 6.48. The molecule has 1 aromatic carbocycles. The average Bonchev–Trinajstić information content (AvgIpc) is 2.27. The lowest BCUT2D eigenvalue weighted by Gasteiger charge is -2.12. The van der Waals surface area contributed by atoms with Crippen molar-refractivity contribution >= 4 is 16.1 Å². The van der Waals surface area contributed by atoms with Gasteiger partial charge in [-0.25, -0.2) is 4.79 Å². The fourth-order valence-corrected chi connectivity index (χ4v) is 1.77. The molecule has 0 aliphatic carbocycles. The number of carboxylic acids is 1. The van der Waals surface area contributed by atoms with E-state index < -0.39 is 22.2 Å². The van der Waals surface area contributed by atoms with E-state index in [-0.39, 0.29) is 13.2 Å². The Balaban J connectivity index is 2.46. The van der Waals surface area contributed by atoms with Gasteiger partial charge in [0.2, 0.25) is 0 Å². The van der Waals surface area contributed by atoms with E-state index in [0.717, 1.165) is 11.8 Å². The topological polar surface area (TPSA) is 89.9 Å². The van der Waals surface area contributed by atoms with Crippen LogP contribution in [0.1, 0.15) is 5.56 Å². The number of benzene rings is 1. The second-order valence-corrected chi connectivity index (χ2v) is 5.23. The van der Waals surface area contributed by atoms with E-state index in [2.05, 4.69) is 4.18 Å². The Bertz CT molecular complexity index is 482. The van der Waals surface area contributed by atoms with Crippen molar-refractivity contribution in [1.29, 1.82) is 0 Å². The Morgan fingerprint density at radius 3 is 2.44 bits per heavy atom. The first-order valence-electron chi connectivity index (χ1n) is 5.11. The van der Waals surface area contributed by atoms with Gasteiger partial charge in [-0.2, -0.15) is 8.42 Å². The van der Waals surface area contributed by atoms with Crippen LogP contribution in [0.15, 0.2) is 30.3 Å². The average molecular weight is 274 g/mol. The molecule has 7 heteroatoms. The summed E-state index contributed by atoms with van der Waals surface area (Å²) >= 11 is 0. The Kier molecular flexibility index (Phi) is 5.26. The second-order valence-electron chi connectivity index (χ2n) is 3.63. The van der Waals surface area contributed by atoms with Gasteiger partial charge in [0, 0.05) is 0 Å². The van der Waals surface area contributed by atoms with Crippen LogP contribution in [0.3, 0.4) is 0 Å². The van der Waals surface area contributed by atoms with Crippen LogP contribution in [0.2, 0.25) is 0 Å². The maximum absolute atomic E-state index is 10.8. The number of hydrogen-bond donors (Lipinski definition) is 1. The summed E-state index contributed by atoms with van der Waals surface area (Å²) in [5.74, 6) is -1.38. The minimum absolute atomic E-state index is 0.192. The van der Waals surface area contributed by atoms with Gasteiger partial charge in [-0.05, 0) is 5.56 Å². The molecule has 0 aliphatic rings. The molecule has 1 rings (SSSR count). The Morgan fingerprint density at radius 2 is 1.94 bits per heavy atom. The Labute approximate surface area is 105 Å². The first kappa shape index (κ1) is 14.6. The van der Waals surface area contributed by atoms with E-state index in [0.29, 0.717) is 0 Å². The summed E-state index contributed by atoms with van der Waals surface area (Å²) in [7, 11) is -3.82. The van der Waals surface area contributed by atoms with Crippen LogP contribution >= 0.6 is 0 Å². The van der Waals surface area contributed by atoms with Crippen molar-refractivity contribution in [1.82, 2.24) is 0 Å². The standard InChI is InChI=1S/C11H14O6S/c1-18(14,15)17-10(11(12)13)8-16-7-9-5-3-2-4-6-9/h2-6,10H,7-8H2,1H3,(H,12,13)/t10-/m1/s1. The molecular formula is C11H14O6S. The van der Waals surface area contributed by atoms with Gasteiger partial charge in [-0.1, -0.05) is 30.3 Å². The lowest BCUT2D eigenvalue weighted by atomic mass is 10.2. The fraction of sp³-hybridized carbons (Fsp3) is 0.364. The molecule has 0 saturated carbocycles. The Hall–Kier alpha value is -1.44. The van der Waals surface area contributed by atoms with Crippen LogP contribution in [0.5, 0.6) is 0 Å². The molecule has 0 spiro atoms. The largest absolute Gasteiger partial charge is 0.479 e. The zero-order valence-corrected chi connectivity index (χ0v) is 10.6. The number of rotatable bonds is 7. The number of carboxylic acid groups (broad SMARTS) is 1. The molecule has 0 aliphatic heterocycles. The smallest absolute Gasteiger partial charge is 0.336 e. The predicted molar refractivity (Wildman–Crippen MR) is 63.5 cm³/mol. The summed E-state index contributed by atoms with van der Waals surface area (Å²) in [6, 6.07) is 9.11. The first-order valence-corrected chi connectivity index (χ1v) is 6.93. The molecule has 18 heavy (non-hydrogen) atoms. The highest BCUT2D eigenvalue weighted by atomic mass is 32.2. The molecule has 1 N–H and O–H groups in total. The maximum Gasteiger partial charge on any atom is 0.336 e. The molecule has 100 valence electrons. The highest BCUT2D eigenvalue weighted by Crippen LogP contribution is 2.04. The van der Waals surface area contributed by atoms with Crippen LogP contribution in [0.4, 0.5) is 0 Å². The van der Waals surface area contributed by atoms with Crippen LogP contribution < -0.4 is 0 Å². The highest BCUT2D eigenvalue weighted by Gasteiger charge is 2.23. The zero-order valence-electron chi connectivity index (χ0n) is 9.78. The van der Waals surface area contributed by atoms with E-state index in [1.165, 1.54) is 0 Å². The van der Waals surface area contributed by atoms with Gasteiger partial charge in [-0.15, -0.1) is 0 Å². The summed E-state index contributed by atoms with van der Waals surface area (Å²) in [5, 5.41) is 8.76. The van der Waals surface area contributed by atoms with E-state index in [1.54, 1.807) is 0 Å². The van der Waals surface area contributed by atoms with Crippen molar-refractivity contribution in [3.8, 4) is 0 Å². The van der Waals surface area contributed by atoms with Crippen LogP contribution in [-0.2, 0) is 30.4 Å². The quantitative estimate of drug-likeness (QED) is 0.733. The van der Waals surface area contributed by atoms with Crippen molar-refractivity contribution in [3.63, 3.8) is 0 Å². The number of hydrogen-bond acceptors (Lipinski definition) is 5. The van der Waals surface area contributed by atoms with Gasteiger partial charge in [0.05, 0.1) is 19.5 Å². The van der Waals surface area contributed by atoms with Gasteiger partial charge in [-0.3, -0.25) is 4.18 Å². The van der Waals surface area contributed by atoms with Crippen molar-refractivity contribution < 1.29 is 27.2 Å². The molecule has 0 amide bonds. The zero-order chi connectivity index (χ0) is 13.6. The van der Waals surface area contributed by atoms with E-state index >= 15 is 0 Å². The molecule has 0 heterocycles. The van der Waals surface area contributed by atoms with Crippen molar-refractivity contribution in [2.75, 3.05) is 12.9 Å². The molecule has 0 aromatic heterocycles. The summed E-state index contributed by atoms with van der Waals surface area (Å²) in [4.78, 5) is 10.8. The molecule has 6 nitrogen and oxygen atoms in total. The molecule has 0 unspecified atom stereocenters. The van der Waals surface area contributed by atoms with Crippen LogP contribution in [0, 0.1) is 0 Å². The molecule has 0 radical (unpaired) electrons. The number of ether oxygens (including phenoxy) is 1. The van der Waals surface area contributed by atoms with Crippen molar-refractivity contribution in [3.05, 3.63) is 35.9 Å². The Morgan fingerprint density at radius 1 is 1.33 bits per heavy atom. The lowest BCUT2D eigenvalue weighted by molar-refractivity contribution is -0.148. The number of carbonyl (C=O) groups is 1. The summed E-state index contributed by atoms with van der Waals surface area (Å²) in [6.45, 7) is -0.144. The predicted octanol–water partition coefficient (Wildman–Crippen LogP) is 0.633. The third kappa shape index (κ3) is 5.76. The third-order valence-corrected chi connectivity index (χ3v) is 2.53. The molecule has 0 fully saturated rings. The van der Waals surface area contributed by atoms with Crippen LogP contribution in [-0.4, -0.2) is 38.5 Å². The molecular weight excluding hydrogens is 260 g/mol. The van der Waals surface area contributed by atoms with Gasteiger partial charge >= 0.3 is 5.97 Å². The van der Waals surface area contributed by atoms with E-state index in [9.17, 15) is 13.2 Å². The molecule has 1 atom stereocenters. The van der Waals surface area contributed by atoms with E-state index in [4.69, 9.17) is 9.84 Å². The number of aliphatic carboxylic acids is 1. The fourth-order valence-electron chi connectivity index (χ4n) is 1.21. The minimum Gasteiger partial charge on any atom is -0.479 e. The van der Waals surface area contributed by atoms with Gasteiger partial charge in [0.1, 0.15) is 0 Å². The minimum atomic E-state index is -3.82. The van der Waals surface area contributed by atoms with Gasteiger partial charge in [0.25, 0.3) is 10.1 Å². The highest BCUT2D eigenvalue weighted by molar-refractivity contribution is 7.86. The molecule has 0 bridgehead atoms. The van der Waals surface area contributed by atoms with Crippen molar-refractivity contribution in [2.24, 2.45) is 0 Å². The summed E-state index contributed by atoms with van der Waals surface area (Å²) in [6.07, 6.45) is -0.733. The molecule has 1 aromatic rings. The van der Waals surface area contributed by atoms with Gasteiger partial charge < -0.3 is 9.84 Å². The monoisotopic (exact) mass is 274 g/mol. The molecule has 0 saturated heterocycles.